The Morgan fingerprint density at radius 2 is 1.57 bits per heavy atom. The highest BCUT2D eigenvalue weighted by Gasteiger charge is 2.35. The van der Waals surface area contributed by atoms with E-state index in [1.54, 1.807) is 0 Å². The summed E-state index contributed by atoms with van der Waals surface area (Å²) in [6.45, 7) is 1.11. The van der Waals surface area contributed by atoms with Gasteiger partial charge in [-0.15, -0.1) is 0 Å². The van der Waals surface area contributed by atoms with Crippen molar-refractivity contribution < 1.29 is 31.2 Å². The van der Waals surface area contributed by atoms with Crippen LogP contribution in [0.2, 0.25) is 0 Å². The molecule has 0 heterocycles. The fourth-order valence-electron chi connectivity index (χ4n) is 5.56. The van der Waals surface area contributed by atoms with E-state index in [2.05, 4.69) is 5.32 Å². The topological polar surface area (TPSA) is 86.8 Å². The van der Waals surface area contributed by atoms with Crippen LogP contribution in [-0.2, 0) is 38.8 Å². The molecule has 1 unspecified atom stereocenters. The summed E-state index contributed by atoms with van der Waals surface area (Å²) < 4.78 is 67.0. The first-order valence-electron chi connectivity index (χ1n) is 14.7. The number of benzene rings is 3. The fourth-order valence-corrected chi connectivity index (χ4v) is 6.40. The summed E-state index contributed by atoms with van der Waals surface area (Å²) in [6.07, 6.45) is 1.01. The summed E-state index contributed by atoms with van der Waals surface area (Å²) >= 11 is 0. The molecular weight excluding hydrogens is 591 g/mol. The third-order valence-corrected chi connectivity index (χ3v) is 8.94. The molecule has 2 amide bonds. The highest BCUT2D eigenvalue weighted by atomic mass is 32.2. The Morgan fingerprint density at radius 3 is 2.20 bits per heavy atom. The Hall–Kier alpha value is -3.86. The first-order chi connectivity index (χ1) is 20.8. The molecule has 0 bridgehead atoms. The zero-order chi connectivity index (χ0) is 31.9. The number of aryl methyl sites for hydroxylation is 1. The quantitative estimate of drug-likeness (QED) is 0.288. The third kappa shape index (κ3) is 9.07. The normalized spacial score (nSPS) is 14.9. The van der Waals surface area contributed by atoms with E-state index in [1.165, 1.54) is 11.0 Å². The second-order valence-corrected chi connectivity index (χ2v) is 13.3. The molecular formula is C33H38F3N3O4S. The van der Waals surface area contributed by atoms with Crippen LogP contribution in [0.4, 0.5) is 18.9 Å². The number of carbonyl (C=O) groups is 2. The van der Waals surface area contributed by atoms with Gasteiger partial charge >= 0.3 is 6.18 Å². The summed E-state index contributed by atoms with van der Waals surface area (Å²) in [7, 11) is -4.20. The third-order valence-electron chi connectivity index (χ3n) is 7.80. The second-order valence-electron chi connectivity index (χ2n) is 11.4. The van der Waals surface area contributed by atoms with Crippen LogP contribution in [0.5, 0.6) is 0 Å². The molecule has 236 valence electrons. The fraction of sp³-hybridized carbons (Fsp3) is 0.394. The summed E-state index contributed by atoms with van der Waals surface area (Å²) in [5.74, 6) is -1.07. The molecule has 11 heteroatoms. The lowest BCUT2D eigenvalue weighted by Crippen LogP contribution is -2.55. The van der Waals surface area contributed by atoms with Gasteiger partial charge in [-0.2, -0.15) is 13.2 Å². The Kier molecular flexibility index (Phi) is 10.7. The number of nitrogens with one attached hydrogen (secondary N) is 1. The van der Waals surface area contributed by atoms with E-state index in [1.807, 2.05) is 61.5 Å². The summed E-state index contributed by atoms with van der Waals surface area (Å²) in [4.78, 5) is 29.5. The minimum Gasteiger partial charge on any atom is -0.352 e. The van der Waals surface area contributed by atoms with Gasteiger partial charge in [0, 0.05) is 19.0 Å². The van der Waals surface area contributed by atoms with Crippen molar-refractivity contribution in [3.05, 3.63) is 101 Å². The molecule has 1 saturated carbocycles. The maximum atomic E-state index is 14.2. The molecule has 0 aromatic heterocycles. The second kappa shape index (κ2) is 14.3. The van der Waals surface area contributed by atoms with Gasteiger partial charge in [0.15, 0.2) is 0 Å². The smallest absolute Gasteiger partial charge is 0.352 e. The van der Waals surface area contributed by atoms with Crippen LogP contribution in [0.1, 0.15) is 54.4 Å². The summed E-state index contributed by atoms with van der Waals surface area (Å²) in [5, 5.41) is 3.12. The van der Waals surface area contributed by atoms with Gasteiger partial charge in [-0.25, -0.2) is 8.42 Å². The number of sulfonamides is 1. The number of carbonyl (C=O) groups excluding carboxylic acids is 2. The van der Waals surface area contributed by atoms with Crippen molar-refractivity contribution >= 4 is 27.5 Å². The number of hydrogen-bond donors (Lipinski definition) is 1. The molecule has 3 aromatic carbocycles. The number of rotatable bonds is 11. The van der Waals surface area contributed by atoms with Crippen LogP contribution in [0.25, 0.3) is 0 Å². The predicted molar refractivity (Wildman–Crippen MR) is 164 cm³/mol. The van der Waals surface area contributed by atoms with Crippen LogP contribution in [0.15, 0.2) is 78.9 Å². The molecule has 0 radical (unpaired) electrons. The molecule has 3 aromatic rings. The molecule has 4 rings (SSSR count). The molecule has 7 nitrogen and oxygen atoms in total. The van der Waals surface area contributed by atoms with Crippen molar-refractivity contribution in [1.29, 1.82) is 0 Å². The Balaban J connectivity index is 1.74. The molecule has 1 fully saturated rings. The van der Waals surface area contributed by atoms with Gasteiger partial charge in [0.2, 0.25) is 21.8 Å². The van der Waals surface area contributed by atoms with E-state index >= 15 is 0 Å². The number of halogens is 3. The summed E-state index contributed by atoms with van der Waals surface area (Å²) in [5.41, 5.74) is 1.13. The lowest BCUT2D eigenvalue weighted by atomic mass is 9.94. The van der Waals surface area contributed by atoms with Gasteiger partial charge < -0.3 is 10.2 Å². The Bertz CT molecular complexity index is 1540. The van der Waals surface area contributed by atoms with E-state index in [0.717, 1.165) is 67.2 Å². The van der Waals surface area contributed by atoms with E-state index in [9.17, 15) is 31.2 Å². The SMILES string of the molecule is Cc1cccc(CN(C(=O)CN(c2cccc(C(F)(F)F)c2)S(C)(=O)=O)C(Cc2ccccc2)C(=O)NC2CCCCC2)c1. The number of nitrogens with zero attached hydrogens (tertiary/aromatic N) is 2. The maximum absolute atomic E-state index is 14.2. The molecule has 0 aliphatic heterocycles. The largest absolute Gasteiger partial charge is 0.416 e. The predicted octanol–water partition coefficient (Wildman–Crippen LogP) is 5.87. The van der Waals surface area contributed by atoms with Crippen molar-refractivity contribution in [3.8, 4) is 0 Å². The first-order valence-corrected chi connectivity index (χ1v) is 16.5. The monoisotopic (exact) mass is 629 g/mol. The van der Waals surface area contributed by atoms with Crippen LogP contribution < -0.4 is 9.62 Å². The van der Waals surface area contributed by atoms with Gasteiger partial charge in [0.25, 0.3) is 0 Å². The van der Waals surface area contributed by atoms with Crippen LogP contribution in [-0.4, -0.2) is 50.0 Å². The van der Waals surface area contributed by atoms with Crippen LogP contribution >= 0.6 is 0 Å². The van der Waals surface area contributed by atoms with Gasteiger partial charge in [-0.1, -0.05) is 85.5 Å². The molecule has 0 spiro atoms. The highest BCUT2D eigenvalue weighted by molar-refractivity contribution is 7.92. The molecule has 1 atom stereocenters. The minimum absolute atomic E-state index is 0.00368. The number of alkyl halides is 3. The molecule has 44 heavy (non-hydrogen) atoms. The molecule has 1 aliphatic carbocycles. The highest BCUT2D eigenvalue weighted by Crippen LogP contribution is 2.32. The number of hydrogen-bond acceptors (Lipinski definition) is 4. The van der Waals surface area contributed by atoms with Crippen molar-refractivity contribution in [3.63, 3.8) is 0 Å². The van der Waals surface area contributed by atoms with Crippen LogP contribution in [0, 0.1) is 6.92 Å². The van der Waals surface area contributed by atoms with Crippen molar-refractivity contribution in [2.24, 2.45) is 0 Å². The Labute approximate surface area is 257 Å². The van der Waals surface area contributed by atoms with Crippen LogP contribution in [0.3, 0.4) is 0 Å². The zero-order valence-corrected chi connectivity index (χ0v) is 25.7. The number of anilines is 1. The average molecular weight is 630 g/mol. The zero-order valence-electron chi connectivity index (χ0n) is 24.9. The lowest BCUT2D eigenvalue weighted by molar-refractivity contribution is -0.140. The minimum atomic E-state index is -4.71. The standard InChI is InChI=1S/C33H38F3N3O4S/c1-24-11-9-14-26(19-24)22-38(30(20-25-12-5-3-6-13-25)32(41)37-28-16-7-4-8-17-28)31(40)23-39(44(2,42)43)29-18-10-15-27(21-29)33(34,35)36/h3,5-6,9-15,18-19,21,28,30H,4,7-8,16-17,20,22-23H2,1-2H3,(H,37,41). The lowest BCUT2D eigenvalue weighted by Gasteiger charge is -2.35. The summed E-state index contributed by atoms with van der Waals surface area (Å²) in [6, 6.07) is 19.4. The maximum Gasteiger partial charge on any atom is 0.416 e. The van der Waals surface area contributed by atoms with Gasteiger partial charge in [0.1, 0.15) is 12.6 Å². The molecule has 0 saturated heterocycles. The van der Waals surface area contributed by atoms with Crippen molar-refractivity contribution in [2.75, 3.05) is 17.1 Å². The van der Waals surface area contributed by atoms with Gasteiger partial charge in [-0.05, 0) is 49.1 Å². The van der Waals surface area contributed by atoms with Gasteiger partial charge in [0.05, 0.1) is 17.5 Å². The van der Waals surface area contributed by atoms with E-state index in [-0.39, 0.29) is 30.6 Å². The average Bonchev–Trinajstić information content (AvgIpc) is 2.97. The van der Waals surface area contributed by atoms with Crippen molar-refractivity contribution in [1.82, 2.24) is 10.2 Å². The van der Waals surface area contributed by atoms with E-state index in [0.29, 0.717) is 10.4 Å². The van der Waals surface area contributed by atoms with Crippen molar-refractivity contribution in [2.45, 2.75) is 70.3 Å². The van der Waals surface area contributed by atoms with Gasteiger partial charge in [-0.3, -0.25) is 13.9 Å². The first kappa shape index (κ1) is 33.0. The van der Waals surface area contributed by atoms with E-state index < -0.39 is 40.3 Å². The number of amides is 2. The van der Waals surface area contributed by atoms with E-state index in [4.69, 9.17) is 0 Å². The Morgan fingerprint density at radius 1 is 0.909 bits per heavy atom. The molecule has 1 N–H and O–H groups in total. The molecule has 1 aliphatic rings.